The Morgan fingerprint density at radius 3 is 2.79 bits per heavy atom. The third-order valence-electron chi connectivity index (χ3n) is 3.19. The lowest BCUT2D eigenvalue weighted by molar-refractivity contribution is 0.620. The van der Waals surface area contributed by atoms with E-state index in [-0.39, 0.29) is 11.9 Å². The summed E-state index contributed by atoms with van der Waals surface area (Å²) in [5, 5.41) is 5.42. The second kappa shape index (κ2) is 4.48. The molecule has 3 aromatic rings. The number of hydrogen-bond acceptors (Lipinski definition) is 2. The van der Waals surface area contributed by atoms with E-state index in [0.717, 1.165) is 22.2 Å². The average molecular weight is 255 g/mol. The quantitative estimate of drug-likeness (QED) is 0.764. The fourth-order valence-electron chi connectivity index (χ4n) is 2.25. The van der Waals surface area contributed by atoms with Crippen molar-refractivity contribution in [1.29, 1.82) is 0 Å². The van der Waals surface area contributed by atoms with Crippen molar-refractivity contribution in [3.05, 3.63) is 60.0 Å². The SMILES string of the molecule is CC(N)c1cc(F)ccc1-n1ncc2ccccc21. The number of rotatable bonds is 2. The third-order valence-corrected chi connectivity index (χ3v) is 3.19. The van der Waals surface area contributed by atoms with Crippen LogP contribution in [0.1, 0.15) is 18.5 Å². The van der Waals surface area contributed by atoms with Gasteiger partial charge in [0.05, 0.1) is 17.4 Å². The fraction of sp³-hybridized carbons (Fsp3) is 0.133. The van der Waals surface area contributed by atoms with Crippen LogP contribution in [0.25, 0.3) is 16.6 Å². The Morgan fingerprint density at radius 1 is 1.21 bits per heavy atom. The van der Waals surface area contributed by atoms with E-state index in [1.54, 1.807) is 16.9 Å². The van der Waals surface area contributed by atoms with E-state index < -0.39 is 0 Å². The van der Waals surface area contributed by atoms with Crippen molar-refractivity contribution in [2.45, 2.75) is 13.0 Å². The lowest BCUT2D eigenvalue weighted by Crippen LogP contribution is -2.11. The van der Waals surface area contributed by atoms with Gasteiger partial charge >= 0.3 is 0 Å². The van der Waals surface area contributed by atoms with Crippen LogP contribution in [0.2, 0.25) is 0 Å². The Bertz CT molecular complexity index is 731. The highest BCUT2D eigenvalue weighted by atomic mass is 19.1. The standard InChI is InChI=1S/C15H14FN3/c1-10(17)13-8-12(16)6-7-15(13)19-14-5-3-2-4-11(14)9-18-19/h2-10H,17H2,1H3. The van der Waals surface area contributed by atoms with Gasteiger partial charge in [-0.1, -0.05) is 18.2 Å². The van der Waals surface area contributed by atoms with Gasteiger partial charge in [-0.25, -0.2) is 9.07 Å². The Balaban J connectivity index is 2.27. The van der Waals surface area contributed by atoms with E-state index in [2.05, 4.69) is 5.10 Å². The van der Waals surface area contributed by atoms with Gasteiger partial charge in [0, 0.05) is 11.4 Å². The number of nitrogens with zero attached hydrogens (tertiary/aromatic N) is 2. The molecule has 0 aliphatic heterocycles. The van der Waals surface area contributed by atoms with Crippen LogP contribution >= 0.6 is 0 Å². The van der Waals surface area contributed by atoms with Gasteiger partial charge in [-0.05, 0) is 36.8 Å². The monoisotopic (exact) mass is 255 g/mol. The molecule has 0 amide bonds. The largest absolute Gasteiger partial charge is 0.324 e. The highest BCUT2D eigenvalue weighted by Crippen LogP contribution is 2.24. The van der Waals surface area contributed by atoms with Gasteiger partial charge in [-0.3, -0.25) is 0 Å². The number of aromatic nitrogens is 2. The number of halogens is 1. The van der Waals surface area contributed by atoms with Crippen molar-refractivity contribution in [1.82, 2.24) is 9.78 Å². The van der Waals surface area contributed by atoms with Crippen molar-refractivity contribution < 1.29 is 4.39 Å². The number of nitrogens with two attached hydrogens (primary N) is 1. The van der Waals surface area contributed by atoms with Crippen molar-refractivity contribution in [3.63, 3.8) is 0 Å². The van der Waals surface area contributed by atoms with Crippen LogP contribution in [0.4, 0.5) is 4.39 Å². The van der Waals surface area contributed by atoms with E-state index in [1.807, 2.05) is 31.2 Å². The van der Waals surface area contributed by atoms with Gasteiger partial charge in [-0.2, -0.15) is 5.10 Å². The molecule has 4 heteroatoms. The highest BCUT2D eigenvalue weighted by molar-refractivity contribution is 5.80. The van der Waals surface area contributed by atoms with Crippen LogP contribution in [0.3, 0.4) is 0 Å². The molecule has 1 aromatic heterocycles. The van der Waals surface area contributed by atoms with Crippen LogP contribution in [-0.2, 0) is 0 Å². The van der Waals surface area contributed by atoms with E-state index in [0.29, 0.717) is 0 Å². The molecule has 0 aliphatic rings. The smallest absolute Gasteiger partial charge is 0.123 e. The lowest BCUT2D eigenvalue weighted by atomic mass is 10.1. The summed E-state index contributed by atoms with van der Waals surface area (Å²) in [7, 11) is 0. The minimum Gasteiger partial charge on any atom is -0.324 e. The zero-order valence-electron chi connectivity index (χ0n) is 10.5. The molecule has 0 aliphatic carbocycles. The maximum absolute atomic E-state index is 13.4. The van der Waals surface area contributed by atoms with Crippen molar-refractivity contribution in [2.75, 3.05) is 0 Å². The number of benzene rings is 2. The van der Waals surface area contributed by atoms with Gasteiger partial charge in [0.25, 0.3) is 0 Å². The van der Waals surface area contributed by atoms with E-state index in [1.165, 1.54) is 12.1 Å². The first kappa shape index (κ1) is 11.9. The summed E-state index contributed by atoms with van der Waals surface area (Å²) in [6.45, 7) is 1.84. The van der Waals surface area contributed by atoms with E-state index >= 15 is 0 Å². The summed E-state index contributed by atoms with van der Waals surface area (Å²) in [5.41, 5.74) is 8.47. The third kappa shape index (κ3) is 2.00. The van der Waals surface area contributed by atoms with E-state index in [4.69, 9.17) is 5.73 Å². The first-order chi connectivity index (χ1) is 9.16. The van der Waals surface area contributed by atoms with Crippen molar-refractivity contribution in [2.24, 2.45) is 5.73 Å². The first-order valence-corrected chi connectivity index (χ1v) is 6.15. The molecule has 0 radical (unpaired) electrons. The maximum Gasteiger partial charge on any atom is 0.123 e. The topological polar surface area (TPSA) is 43.8 Å². The minimum absolute atomic E-state index is 0.256. The molecule has 0 saturated carbocycles. The molecular weight excluding hydrogens is 241 g/mol. The Labute approximate surface area is 110 Å². The summed E-state index contributed by atoms with van der Waals surface area (Å²) in [4.78, 5) is 0. The van der Waals surface area contributed by atoms with Gasteiger partial charge in [0.1, 0.15) is 5.82 Å². The van der Waals surface area contributed by atoms with Crippen LogP contribution in [0, 0.1) is 5.82 Å². The second-order valence-electron chi connectivity index (χ2n) is 4.61. The molecule has 0 spiro atoms. The zero-order chi connectivity index (χ0) is 13.4. The summed E-state index contributed by atoms with van der Waals surface area (Å²) in [6, 6.07) is 12.3. The minimum atomic E-state index is -0.285. The molecule has 1 atom stereocenters. The molecule has 2 N–H and O–H groups in total. The molecule has 1 heterocycles. The number of fused-ring (bicyclic) bond motifs is 1. The molecular formula is C15H14FN3. The number of hydrogen-bond donors (Lipinski definition) is 1. The van der Waals surface area contributed by atoms with Crippen LogP contribution in [-0.4, -0.2) is 9.78 Å². The summed E-state index contributed by atoms with van der Waals surface area (Å²) in [6.07, 6.45) is 1.80. The van der Waals surface area contributed by atoms with Gasteiger partial charge in [0.2, 0.25) is 0 Å². The average Bonchev–Trinajstić information content (AvgIpc) is 2.82. The molecule has 0 saturated heterocycles. The Morgan fingerprint density at radius 2 is 2.00 bits per heavy atom. The fourth-order valence-corrected chi connectivity index (χ4v) is 2.25. The molecule has 96 valence electrons. The molecule has 19 heavy (non-hydrogen) atoms. The molecule has 2 aromatic carbocycles. The predicted octanol–water partition coefficient (Wildman–Crippen LogP) is 3.18. The maximum atomic E-state index is 13.4. The molecule has 3 rings (SSSR count). The van der Waals surface area contributed by atoms with Crippen molar-refractivity contribution in [3.8, 4) is 5.69 Å². The van der Waals surface area contributed by atoms with Gasteiger partial charge in [0.15, 0.2) is 0 Å². The highest BCUT2D eigenvalue weighted by Gasteiger charge is 2.12. The Kier molecular flexibility index (Phi) is 2.80. The normalized spacial score (nSPS) is 12.8. The van der Waals surface area contributed by atoms with Crippen LogP contribution in [0.5, 0.6) is 0 Å². The predicted molar refractivity (Wildman–Crippen MR) is 73.6 cm³/mol. The zero-order valence-corrected chi connectivity index (χ0v) is 10.5. The second-order valence-corrected chi connectivity index (χ2v) is 4.61. The first-order valence-electron chi connectivity index (χ1n) is 6.15. The number of para-hydroxylation sites is 1. The summed E-state index contributed by atoms with van der Waals surface area (Å²) in [5.74, 6) is -0.285. The van der Waals surface area contributed by atoms with Gasteiger partial charge < -0.3 is 5.73 Å². The van der Waals surface area contributed by atoms with Crippen molar-refractivity contribution >= 4 is 10.9 Å². The molecule has 0 bridgehead atoms. The van der Waals surface area contributed by atoms with Crippen LogP contribution in [0.15, 0.2) is 48.7 Å². The summed E-state index contributed by atoms with van der Waals surface area (Å²) >= 11 is 0. The lowest BCUT2D eigenvalue weighted by Gasteiger charge is -2.13. The van der Waals surface area contributed by atoms with Crippen LogP contribution < -0.4 is 5.73 Å². The van der Waals surface area contributed by atoms with E-state index in [9.17, 15) is 4.39 Å². The summed E-state index contributed by atoms with van der Waals surface area (Å²) < 4.78 is 15.2. The molecule has 0 fully saturated rings. The molecule has 3 nitrogen and oxygen atoms in total. The molecule has 1 unspecified atom stereocenters. The Hall–Kier alpha value is -2.20. The van der Waals surface area contributed by atoms with Gasteiger partial charge in [-0.15, -0.1) is 0 Å².